The minimum atomic E-state index is -3.29. The first-order chi connectivity index (χ1) is 12.5. The molecule has 26 heavy (non-hydrogen) atoms. The number of aromatic nitrogens is 2. The predicted octanol–water partition coefficient (Wildman–Crippen LogP) is 3.75. The SMILES string of the molecule is CCCNP(=O)(NCCCl)OCc1cnc([N+](=O)[O-])n1C1CCCCC1. The summed E-state index contributed by atoms with van der Waals surface area (Å²) in [7, 11) is -3.29. The van der Waals surface area contributed by atoms with E-state index in [0.29, 0.717) is 24.7 Å². The molecule has 0 aromatic carbocycles. The number of alkyl halides is 1. The Morgan fingerprint density at radius 1 is 1.38 bits per heavy atom. The summed E-state index contributed by atoms with van der Waals surface area (Å²) in [6.45, 7) is 2.78. The van der Waals surface area contributed by atoms with Crippen molar-refractivity contribution in [1.29, 1.82) is 0 Å². The molecule has 1 aromatic rings. The van der Waals surface area contributed by atoms with E-state index in [-0.39, 0.29) is 18.6 Å². The summed E-state index contributed by atoms with van der Waals surface area (Å²) in [6, 6.07) is 0.0315. The zero-order valence-corrected chi connectivity index (χ0v) is 16.7. The average Bonchev–Trinajstić information content (AvgIpc) is 3.08. The molecule has 0 spiro atoms. The molecule has 1 heterocycles. The van der Waals surface area contributed by atoms with E-state index in [1.54, 1.807) is 4.57 Å². The van der Waals surface area contributed by atoms with Crippen LogP contribution in [0.5, 0.6) is 0 Å². The smallest absolute Gasteiger partial charge is 0.390 e. The molecule has 1 atom stereocenters. The normalized spacial score (nSPS) is 17.9. The Bertz CT molecular complexity index is 624. The molecule has 0 radical (unpaired) electrons. The Balaban J connectivity index is 2.16. The lowest BCUT2D eigenvalue weighted by Gasteiger charge is -2.23. The number of hydrogen-bond donors (Lipinski definition) is 2. The standard InChI is InChI=1S/C15H27ClN5O4P/c1-2-9-18-26(24,19-10-8-16)25-12-14-11-17-15(21(22)23)20(14)13-6-4-3-5-7-13/h11,13H,2-10,12H2,1H3,(H2,18,19,24). The summed E-state index contributed by atoms with van der Waals surface area (Å²) in [5.74, 6) is 0.118. The number of hydrogen-bond acceptors (Lipinski definition) is 5. The second kappa shape index (κ2) is 10.4. The fourth-order valence-electron chi connectivity index (χ4n) is 3.12. The van der Waals surface area contributed by atoms with Crippen molar-refractivity contribution in [3.63, 3.8) is 0 Å². The quantitative estimate of drug-likeness (QED) is 0.248. The fraction of sp³-hybridized carbons (Fsp3) is 0.800. The van der Waals surface area contributed by atoms with Crippen LogP contribution >= 0.6 is 19.3 Å². The molecule has 2 rings (SSSR count). The molecule has 1 aliphatic carbocycles. The molecule has 0 bridgehead atoms. The van der Waals surface area contributed by atoms with Crippen LogP contribution in [0.1, 0.15) is 57.2 Å². The molecule has 0 saturated heterocycles. The molecule has 2 N–H and O–H groups in total. The van der Waals surface area contributed by atoms with Crippen LogP contribution in [0.2, 0.25) is 0 Å². The Morgan fingerprint density at radius 2 is 2.08 bits per heavy atom. The average molecular weight is 408 g/mol. The summed E-state index contributed by atoms with van der Waals surface area (Å²) >= 11 is 5.67. The highest BCUT2D eigenvalue weighted by Crippen LogP contribution is 2.39. The maximum absolute atomic E-state index is 12.9. The van der Waals surface area contributed by atoms with Crippen LogP contribution in [0.3, 0.4) is 0 Å². The van der Waals surface area contributed by atoms with E-state index in [4.69, 9.17) is 16.1 Å². The van der Waals surface area contributed by atoms with Crippen LogP contribution in [-0.4, -0.2) is 33.4 Å². The van der Waals surface area contributed by atoms with Gasteiger partial charge in [0.1, 0.15) is 18.5 Å². The number of nitrogens with zero attached hydrogens (tertiary/aromatic N) is 3. The third kappa shape index (κ3) is 5.76. The van der Waals surface area contributed by atoms with E-state index in [2.05, 4.69) is 15.2 Å². The molecular weight excluding hydrogens is 381 g/mol. The number of halogens is 1. The minimum absolute atomic E-state index is 0.0272. The van der Waals surface area contributed by atoms with Gasteiger partial charge in [-0.15, -0.1) is 11.6 Å². The Labute approximate surface area is 158 Å². The molecule has 9 nitrogen and oxygen atoms in total. The van der Waals surface area contributed by atoms with E-state index in [1.807, 2.05) is 6.92 Å². The first-order valence-electron chi connectivity index (χ1n) is 9.02. The summed E-state index contributed by atoms with van der Waals surface area (Å²) in [4.78, 5) is 14.8. The van der Waals surface area contributed by atoms with Gasteiger partial charge in [-0.05, 0) is 37.0 Å². The largest absolute Gasteiger partial charge is 0.435 e. The maximum atomic E-state index is 12.9. The van der Waals surface area contributed by atoms with Crippen molar-refractivity contribution in [2.75, 3.05) is 19.0 Å². The van der Waals surface area contributed by atoms with Gasteiger partial charge >= 0.3 is 13.6 Å². The Hall–Kier alpha value is -0.990. The highest BCUT2D eigenvalue weighted by Gasteiger charge is 2.31. The Kier molecular flexibility index (Phi) is 8.50. The van der Waals surface area contributed by atoms with Crippen molar-refractivity contribution in [3.05, 3.63) is 22.0 Å². The zero-order chi connectivity index (χ0) is 19.0. The fourth-order valence-corrected chi connectivity index (χ4v) is 4.88. The topological polar surface area (TPSA) is 111 Å². The molecule has 1 saturated carbocycles. The second-order valence-corrected chi connectivity index (χ2v) is 8.67. The molecule has 1 aromatic heterocycles. The monoisotopic (exact) mass is 407 g/mol. The number of rotatable bonds is 11. The molecule has 1 aliphatic rings. The van der Waals surface area contributed by atoms with Crippen molar-refractivity contribution in [2.45, 2.75) is 58.1 Å². The van der Waals surface area contributed by atoms with E-state index >= 15 is 0 Å². The molecule has 0 aliphatic heterocycles. The Morgan fingerprint density at radius 3 is 2.69 bits per heavy atom. The van der Waals surface area contributed by atoms with Crippen LogP contribution in [0.15, 0.2) is 6.20 Å². The molecule has 11 heteroatoms. The van der Waals surface area contributed by atoms with Crippen LogP contribution in [0.4, 0.5) is 5.95 Å². The van der Waals surface area contributed by atoms with E-state index in [9.17, 15) is 14.7 Å². The number of imidazole rings is 1. The van der Waals surface area contributed by atoms with Gasteiger partial charge < -0.3 is 10.1 Å². The lowest BCUT2D eigenvalue weighted by molar-refractivity contribution is -0.397. The lowest BCUT2D eigenvalue weighted by atomic mass is 9.95. The molecule has 148 valence electrons. The number of nitro groups is 1. The van der Waals surface area contributed by atoms with Crippen molar-refractivity contribution >= 4 is 25.2 Å². The zero-order valence-electron chi connectivity index (χ0n) is 15.0. The van der Waals surface area contributed by atoms with Gasteiger partial charge in [0.05, 0.1) is 6.04 Å². The minimum Gasteiger partial charge on any atom is -0.390 e. The number of nitrogens with one attached hydrogen (secondary N) is 2. The van der Waals surface area contributed by atoms with Gasteiger partial charge in [-0.3, -0.25) is 9.09 Å². The highest BCUT2D eigenvalue weighted by atomic mass is 35.5. The van der Waals surface area contributed by atoms with Gasteiger partial charge in [-0.1, -0.05) is 18.3 Å². The van der Waals surface area contributed by atoms with Crippen molar-refractivity contribution in [1.82, 2.24) is 19.7 Å². The summed E-state index contributed by atoms with van der Waals surface area (Å²) in [5.41, 5.74) is 0.565. The van der Waals surface area contributed by atoms with Crippen LogP contribution in [-0.2, 0) is 15.7 Å². The first kappa shape index (κ1) is 21.3. The van der Waals surface area contributed by atoms with E-state index < -0.39 is 12.6 Å². The summed E-state index contributed by atoms with van der Waals surface area (Å²) in [5, 5.41) is 17.0. The van der Waals surface area contributed by atoms with Gasteiger partial charge in [-0.25, -0.2) is 14.7 Å². The second-order valence-electron chi connectivity index (χ2n) is 6.30. The molecular formula is C15H27ClN5O4P. The van der Waals surface area contributed by atoms with Crippen molar-refractivity contribution < 1.29 is 14.0 Å². The van der Waals surface area contributed by atoms with Crippen molar-refractivity contribution in [2.24, 2.45) is 0 Å². The summed E-state index contributed by atoms with van der Waals surface area (Å²) < 4.78 is 20.1. The van der Waals surface area contributed by atoms with Gasteiger partial charge in [0.15, 0.2) is 0 Å². The maximum Gasteiger partial charge on any atom is 0.435 e. The molecule has 0 amide bonds. The van der Waals surface area contributed by atoms with Gasteiger partial charge in [-0.2, -0.15) is 0 Å². The van der Waals surface area contributed by atoms with Crippen LogP contribution < -0.4 is 10.2 Å². The van der Waals surface area contributed by atoms with E-state index in [1.165, 1.54) is 6.20 Å². The third-order valence-corrected chi connectivity index (χ3v) is 6.30. The lowest BCUT2D eigenvalue weighted by Crippen LogP contribution is -2.26. The van der Waals surface area contributed by atoms with E-state index in [0.717, 1.165) is 38.5 Å². The molecule has 1 fully saturated rings. The van der Waals surface area contributed by atoms with Gasteiger partial charge in [0, 0.05) is 19.0 Å². The highest BCUT2D eigenvalue weighted by molar-refractivity contribution is 7.54. The van der Waals surface area contributed by atoms with Gasteiger partial charge in [0.25, 0.3) is 0 Å². The predicted molar refractivity (Wildman–Crippen MR) is 100 cm³/mol. The third-order valence-electron chi connectivity index (χ3n) is 4.34. The summed E-state index contributed by atoms with van der Waals surface area (Å²) in [6.07, 6.45) is 7.20. The molecule has 1 unspecified atom stereocenters. The van der Waals surface area contributed by atoms with Crippen LogP contribution in [0, 0.1) is 10.1 Å². The van der Waals surface area contributed by atoms with Crippen molar-refractivity contribution in [3.8, 4) is 0 Å². The van der Waals surface area contributed by atoms with Gasteiger partial charge in [0.2, 0.25) is 0 Å². The first-order valence-corrected chi connectivity index (χ1v) is 11.2. The van der Waals surface area contributed by atoms with Crippen LogP contribution in [0.25, 0.3) is 0 Å².